The van der Waals surface area contributed by atoms with E-state index >= 15 is 0 Å². The Morgan fingerprint density at radius 1 is 1.33 bits per heavy atom. The summed E-state index contributed by atoms with van der Waals surface area (Å²) in [5.74, 6) is 0. The van der Waals surface area contributed by atoms with Crippen molar-refractivity contribution < 1.29 is 0 Å². The predicted octanol–water partition coefficient (Wildman–Crippen LogP) is 2.20. The number of hydrogen-bond acceptors (Lipinski definition) is 3. The van der Waals surface area contributed by atoms with Crippen molar-refractivity contribution in [3.8, 4) is 0 Å². The van der Waals surface area contributed by atoms with Gasteiger partial charge in [-0.1, -0.05) is 11.6 Å². The normalized spacial score (nSPS) is 24.3. The summed E-state index contributed by atoms with van der Waals surface area (Å²) >= 11 is 5.95. The van der Waals surface area contributed by atoms with E-state index in [1.54, 1.807) is 0 Å². The Hall–Kier alpha value is -0.770. The molecule has 1 heterocycles. The lowest BCUT2D eigenvalue weighted by molar-refractivity contribution is 0.155. The van der Waals surface area contributed by atoms with Crippen LogP contribution in [0, 0.1) is 0 Å². The van der Waals surface area contributed by atoms with E-state index in [4.69, 9.17) is 17.3 Å². The van der Waals surface area contributed by atoms with E-state index in [2.05, 4.69) is 42.8 Å². The minimum atomic E-state index is 0.105. The largest absolute Gasteiger partial charge is 0.364 e. The van der Waals surface area contributed by atoms with Crippen LogP contribution in [0.5, 0.6) is 0 Å². The van der Waals surface area contributed by atoms with Gasteiger partial charge in [0.2, 0.25) is 0 Å². The summed E-state index contributed by atoms with van der Waals surface area (Å²) in [5.41, 5.74) is 7.18. The number of benzene rings is 1. The molecule has 1 fully saturated rings. The van der Waals surface area contributed by atoms with E-state index in [1.165, 1.54) is 5.69 Å². The molecule has 4 heteroatoms. The molecule has 0 amide bonds. The van der Waals surface area contributed by atoms with Crippen LogP contribution in [0.3, 0.4) is 0 Å². The zero-order chi connectivity index (χ0) is 13.3. The molecule has 1 aliphatic heterocycles. The number of piperazine rings is 1. The molecule has 0 spiro atoms. The van der Waals surface area contributed by atoms with Gasteiger partial charge >= 0.3 is 0 Å². The summed E-state index contributed by atoms with van der Waals surface area (Å²) in [5, 5.41) is 0.779. The molecule has 0 radical (unpaired) electrons. The maximum absolute atomic E-state index is 5.95. The Bertz CT molecular complexity index is 402. The lowest BCUT2D eigenvalue weighted by atomic mass is 9.95. The summed E-state index contributed by atoms with van der Waals surface area (Å²) in [4.78, 5) is 4.78. The van der Waals surface area contributed by atoms with Gasteiger partial charge in [-0.2, -0.15) is 0 Å². The van der Waals surface area contributed by atoms with Crippen molar-refractivity contribution in [2.45, 2.75) is 25.4 Å². The van der Waals surface area contributed by atoms with Crippen LogP contribution in [0.25, 0.3) is 0 Å². The van der Waals surface area contributed by atoms with Crippen LogP contribution < -0.4 is 10.6 Å². The monoisotopic (exact) mass is 267 g/mol. The highest BCUT2D eigenvalue weighted by molar-refractivity contribution is 6.30. The first-order chi connectivity index (χ1) is 8.44. The van der Waals surface area contributed by atoms with Gasteiger partial charge in [0.05, 0.1) is 0 Å². The van der Waals surface area contributed by atoms with E-state index in [1.807, 2.05) is 12.1 Å². The van der Waals surface area contributed by atoms with Gasteiger partial charge in [0.1, 0.15) is 0 Å². The Labute approximate surface area is 115 Å². The van der Waals surface area contributed by atoms with Crippen LogP contribution in [0.1, 0.15) is 13.8 Å². The molecule has 0 aromatic heterocycles. The van der Waals surface area contributed by atoms with Crippen LogP contribution in [0.4, 0.5) is 5.69 Å². The lowest BCUT2D eigenvalue weighted by Crippen LogP contribution is -2.64. The van der Waals surface area contributed by atoms with E-state index < -0.39 is 0 Å². The van der Waals surface area contributed by atoms with Crippen molar-refractivity contribution in [3.05, 3.63) is 29.3 Å². The molecule has 1 unspecified atom stereocenters. The first-order valence-corrected chi connectivity index (χ1v) is 6.75. The Balaban J connectivity index is 2.26. The fourth-order valence-corrected chi connectivity index (χ4v) is 2.88. The zero-order valence-electron chi connectivity index (χ0n) is 11.4. The first-order valence-electron chi connectivity index (χ1n) is 6.37. The molecule has 0 saturated carbocycles. The Kier molecular flexibility index (Phi) is 3.85. The third-order valence-corrected chi connectivity index (χ3v) is 4.05. The van der Waals surface area contributed by atoms with Gasteiger partial charge < -0.3 is 10.6 Å². The van der Waals surface area contributed by atoms with Crippen molar-refractivity contribution in [3.63, 3.8) is 0 Å². The summed E-state index contributed by atoms with van der Waals surface area (Å²) < 4.78 is 0. The van der Waals surface area contributed by atoms with Crippen molar-refractivity contribution in [1.29, 1.82) is 0 Å². The first kappa shape index (κ1) is 13.7. The highest BCUT2D eigenvalue weighted by atomic mass is 35.5. The standard InChI is InChI=1S/C14H22ClN3/c1-14(2)10-17(3)13(8-16)9-18(14)12-6-4-11(15)5-7-12/h4-7,13H,8-10,16H2,1-3H3. The number of nitrogens with zero attached hydrogens (tertiary/aromatic N) is 2. The summed E-state index contributed by atoms with van der Waals surface area (Å²) in [6.45, 7) is 7.20. The molecule has 3 nitrogen and oxygen atoms in total. The van der Waals surface area contributed by atoms with E-state index in [9.17, 15) is 0 Å². The fourth-order valence-electron chi connectivity index (χ4n) is 2.75. The Morgan fingerprint density at radius 3 is 2.50 bits per heavy atom. The average Bonchev–Trinajstić information content (AvgIpc) is 2.30. The zero-order valence-corrected chi connectivity index (χ0v) is 12.1. The van der Waals surface area contributed by atoms with Crippen molar-refractivity contribution >= 4 is 17.3 Å². The molecule has 1 aliphatic rings. The smallest absolute Gasteiger partial charge is 0.0473 e. The van der Waals surface area contributed by atoms with E-state index in [0.29, 0.717) is 12.6 Å². The molecule has 0 aliphatic carbocycles. The predicted molar refractivity (Wildman–Crippen MR) is 78.3 cm³/mol. The topological polar surface area (TPSA) is 32.5 Å². The molecule has 1 aromatic rings. The molecule has 0 bridgehead atoms. The van der Waals surface area contributed by atoms with Crippen LogP contribution in [0.15, 0.2) is 24.3 Å². The Morgan fingerprint density at radius 2 is 1.94 bits per heavy atom. The maximum Gasteiger partial charge on any atom is 0.0473 e. The van der Waals surface area contributed by atoms with Crippen LogP contribution in [-0.2, 0) is 0 Å². The second kappa shape index (κ2) is 5.08. The van der Waals surface area contributed by atoms with Crippen LogP contribution in [0.2, 0.25) is 5.02 Å². The van der Waals surface area contributed by atoms with Gasteiger partial charge in [-0.3, -0.25) is 4.90 Å². The van der Waals surface area contributed by atoms with Gasteiger partial charge in [0, 0.05) is 41.9 Å². The molecule has 2 N–H and O–H groups in total. The second-order valence-corrected chi connectivity index (χ2v) is 6.14. The second-order valence-electron chi connectivity index (χ2n) is 5.70. The molecule has 2 rings (SSSR count). The van der Waals surface area contributed by atoms with E-state index in [0.717, 1.165) is 18.1 Å². The van der Waals surface area contributed by atoms with Crippen molar-refractivity contribution in [2.75, 3.05) is 31.6 Å². The van der Waals surface area contributed by atoms with Gasteiger partial charge in [-0.15, -0.1) is 0 Å². The molecule has 1 atom stereocenters. The lowest BCUT2D eigenvalue weighted by Gasteiger charge is -2.51. The molecule has 1 saturated heterocycles. The van der Waals surface area contributed by atoms with Crippen LogP contribution in [-0.4, -0.2) is 43.2 Å². The quantitative estimate of drug-likeness (QED) is 0.892. The van der Waals surface area contributed by atoms with Gasteiger partial charge in [0.15, 0.2) is 0 Å². The minimum absolute atomic E-state index is 0.105. The average molecular weight is 268 g/mol. The number of rotatable bonds is 2. The molecule has 1 aromatic carbocycles. The number of hydrogen-bond donors (Lipinski definition) is 1. The van der Waals surface area contributed by atoms with Crippen LogP contribution >= 0.6 is 11.6 Å². The van der Waals surface area contributed by atoms with Gasteiger partial charge in [-0.05, 0) is 45.2 Å². The number of nitrogens with two attached hydrogens (primary N) is 1. The number of likely N-dealkylation sites (N-methyl/N-ethyl adjacent to an activating group) is 1. The molecule has 18 heavy (non-hydrogen) atoms. The maximum atomic E-state index is 5.95. The van der Waals surface area contributed by atoms with Gasteiger partial charge in [0.25, 0.3) is 0 Å². The van der Waals surface area contributed by atoms with Crippen molar-refractivity contribution in [2.24, 2.45) is 5.73 Å². The third kappa shape index (κ3) is 2.63. The molecular formula is C14H22ClN3. The molecular weight excluding hydrogens is 246 g/mol. The highest BCUT2D eigenvalue weighted by Crippen LogP contribution is 2.30. The highest BCUT2D eigenvalue weighted by Gasteiger charge is 2.36. The molecule has 100 valence electrons. The fraction of sp³-hybridized carbons (Fsp3) is 0.571. The van der Waals surface area contributed by atoms with Crippen molar-refractivity contribution in [1.82, 2.24) is 4.90 Å². The third-order valence-electron chi connectivity index (χ3n) is 3.79. The summed E-state index contributed by atoms with van der Waals surface area (Å²) in [6.07, 6.45) is 0. The summed E-state index contributed by atoms with van der Waals surface area (Å²) in [7, 11) is 2.15. The van der Waals surface area contributed by atoms with E-state index in [-0.39, 0.29) is 5.54 Å². The number of anilines is 1. The number of halogens is 1. The minimum Gasteiger partial charge on any atom is -0.364 e. The van der Waals surface area contributed by atoms with Gasteiger partial charge in [-0.25, -0.2) is 0 Å². The summed E-state index contributed by atoms with van der Waals surface area (Å²) in [6, 6.07) is 8.48. The SMILES string of the molecule is CN1CC(C)(C)N(c2ccc(Cl)cc2)CC1CN.